The lowest BCUT2D eigenvalue weighted by atomic mass is 10.1. The minimum Gasteiger partial charge on any atom is -0.481 e. The Morgan fingerprint density at radius 1 is 0.422 bits per heavy atom. The zero-order chi connectivity index (χ0) is 99.2. The van der Waals surface area contributed by atoms with E-state index >= 15 is 0 Å². The van der Waals surface area contributed by atoms with Crippen LogP contribution < -0.4 is 71.2 Å². The molecule has 0 aliphatic carbocycles. The SMILES string of the molecule is CCC[C@H](NC(=O)c1ccc(CNS(=O)(=O)c2cc3c(=O)[nH]c(N)nc3[nH]2)cc1)C(=O)O.CN(Cc1cc2c(=O)[nH]c(N)nc2[nH]1)C(=O)c1ccc(C(=O)N[C@@H](CCC(=O)O)OC=O)cc1.CN(Cc1cc2c(=O)[nH]c(N)nc2[nH]1)C(=O)c1cccc(C(=O)N[C@@H](CCC(=O)O)C(=O)O)c1.CN(Cc1cc2c(=O)[nH]c(N)nc2[nH]1)S(=O)(=O)c1ccc(C(=O)N[C@@H](CCC(=O)O)C(=O)O)cc1. The number of sulfonamides is 2. The summed E-state index contributed by atoms with van der Waals surface area (Å²) in [6.07, 6.45) is -2.05. The Labute approximate surface area is 758 Å². The van der Waals surface area contributed by atoms with Crippen LogP contribution in [0.15, 0.2) is 150 Å². The number of benzene rings is 4. The Kier molecular flexibility index (Phi) is 33.7. The molecule has 52 nitrogen and oxygen atoms in total. The van der Waals surface area contributed by atoms with Crippen molar-refractivity contribution in [3.8, 4) is 0 Å². The number of aromatic nitrogens is 12. The summed E-state index contributed by atoms with van der Waals surface area (Å²) in [7, 11) is -3.56. The second kappa shape index (κ2) is 44.8. The molecule has 4 atom stereocenters. The summed E-state index contributed by atoms with van der Waals surface area (Å²) < 4.78 is 59.1. The van der Waals surface area contributed by atoms with Crippen molar-refractivity contribution < 1.29 is 115 Å². The molecule has 0 saturated carbocycles. The lowest BCUT2D eigenvalue weighted by Gasteiger charge is -2.17. The minimum atomic E-state index is -4.00. The van der Waals surface area contributed by atoms with E-state index in [1.807, 2.05) is 6.92 Å². The van der Waals surface area contributed by atoms with Crippen LogP contribution in [-0.4, -0.2) is 245 Å². The van der Waals surface area contributed by atoms with Gasteiger partial charge in [-0.1, -0.05) is 31.5 Å². The summed E-state index contributed by atoms with van der Waals surface area (Å²) in [6, 6.07) is 24.2. The third kappa shape index (κ3) is 27.6. The second-order valence-electron chi connectivity index (χ2n) is 29.5. The first kappa shape index (κ1) is 101. The normalized spacial score (nSPS) is 12.1. The van der Waals surface area contributed by atoms with Gasteiger partial charge in [-0.2, -0.15) is 24.2 Å². The van der Waals surface area contributed by atoms with Crippen molar-refractivity contribution in [2.75, 3.05) is 44.1 Å². The van der Waals surface area contributed by atoms with Crippen LogP contribution in [0.1, 0.15) is 143 Å². The van der Waals surface area contributed by atoms with Crippen LogP contribution in [0.2, 0.25) is 0 Å². The van der Waals surface area contributed by atoms with E-state index in [4.69, 9.17) is 53.2 Å². The molecule has 12 aromatic rings. The number of carbonyl (C=O) groups is 13. The second-order valence-corrected chi connectivity index (χ2v) is 33.3. The number of carbonyl (C=O) groups excluding carboxylic acids is 7. The van der Waals surface area contributed by atoms with Gasteiger partial charge in [0.05, 0.1) is 52.5 Å². The Morgan fingerprint density at radius 3 is 1.18 bits per heavy atom. The number of nitrogen functional groups attached to an aromatic ring is 4. The van der Waals surface area contributed by atoms with Gasteiger partial charge in [0.1, 0.15) is 45.7 Å². The predicted octanol–water partition coefficient (Wildman–Crippen LogP) is 0.350. The molecule has 8 heterocycles. The minimum absolute atomic E-state index is 0.00770. The summed E-state index contributed by atoms with van der Waals surface area (Å²) in [5, 5.41) is 63.7. The molecule has 0 spiro atoms. The number of hydrogen-bond donors (Lipinski definition) is 23. The summed E-state index contributed by atoms with van der Waals surface area (Å²) in [6.45, 7) is 1.99. The zero-order valence-electron chi connectivity index (χ0n) is 71.3. The van der Waals surface area contributed by atoms with E-state index in [1.165, 1.54) is 115 Å². The number of amides is 6. The molecule has 54 heteroatoms. The number of aromatic amines is 8. The number of aliphatic carboxylic acids is 6. The fourth-order valence-corrected chi connectivity index (χ4v) is 14.9. The maximum Gasteiger partial charge on any atom is 0.326 e. The van der Waals surface area contributed by atoms with E-state index in [1.54, 1.807) is 31.3 Å². The fourth-order valence-electron chi connectivity index (χ4n) is 12.7. The van der Waals surface area contributed by atoms with E-state index in [9.17, 15) is 103 Å². The van der Waals surface area contributed by atoms with Gasteiger partial charge >= 0.3 is 35.8 Å². The summed E-state index contributed by atoms with van der Waals surface area (Å²) in [5.41, 5.74) is 24.1. The maximum atomic E-state index is 12.9. The van der Waals surface area contributed by atoms with E-state index in [-0.39, 0.29) is 153 Å². The number of H-pyrrole nitrogens is 8. The van der Waals surface area contributed by atoms with Gasteiger partial charge in [-0.05, 0) is 128 Å². The first-order valence-electron chi connectivity index (χ1n) is 39.7. The van der Waals surface area contributed by atoms with Crippen molar-refractivity contribution in [3.05, 3.63) is 219 Å². The molecular formula is C81H88N24O28S2. The molecule has 0 aliphatic rings. The van der Waals surface area contributed by atoms with Gasteiger partial charge in [0.25, 0.3) is 74.2 Å². The lowest BCUT2D eigenvalue weighted by molar-refractivity contribution is -0.142. The Bertz CT molecular complexity index is 7030. The van der Waals surface area contributed by atoms with E-state index < -0.39 is 145 Å². The monoisotopic (exact) mass is 1910 g/mol. The van der Waals surface area contributed by atoms with Crippen molar-refractivity contribution in [3.63, 3.8) is 0 Å². The number of ether oxygens (including phenoxy) is 1. The van der Waals surface area contributed by atoms with Gasteiger partial charge in [-0.15, -0.1) is 0 Å². The number of nitrogens with one attached hydrogen (secondary N) is 13. The Balaban J connectivity index is 0.000000202. The third-order valence-corrected chi connectivity index (χ3v) is 22.6. The highest BCUT2D eigenvalue weighted by molar-refractivity contribution is 7.89. The Hall–Kier alpha value is -17.3. The Morgan fingerprint density at radius 2 is 0.770 bits per heavy atom. The first-order valence-corrected chi connectivity index (χ1v) is 42.7. The molecule has 6 amide bonds. The fraction of sp³-hybridized carbons (Fsp3) is 0.247. The van der Waals surface area contributed by atoms with Gasteiger partial charge in [-0.25, -0.2) is 35.9 Å². The molecule has 0 fully saturated rings. The molecule has 27 N–H and O–H groups in total. The number of carboxylic acid groups (broad SMARTS) is 6. The van der Waals surface area contributed by atoms with Crippen molar-refractivity contribution >= 4 is 166 Å². The largest absolute Gasteiger partial charge is 0.481 e. The molecule has 712 valence electrons. The van der Waals surface area contributed by atoms with Crippen LogP contribution in [0.3, 0.4) is 0 Å². The molecule has 8 aromatic heterocycles. The average Bonchev–Trinajstić information content (AvgIpc) is 1.59. The van der Waals surface area contributed by atoms with E-state index in [0.717, 1.165) is 10.4 Å². The van der Waals surface area contributed by atoms with Gasteiger partial charge in [0.2, 0.25) is 33.8 Å². The van der Waals surface area contributed by atoms with Crippen LogP contribution in [0, 0.1) is 0 Å². The molecule has 0 aliphatic heterocycles. The summed E-state index contributed by atoms with van der Waals surface area (Å²) in [5.74, 6) is -11.1. The molecular weight excluding hydrogens is 1820 g/mol. The number of anilines is 4. The van der Waals surface area contributed by atoms with Crippen LogP contribution in [0.25, 0.3) is 44.1 Å². The van der Waals surface area contributed by atoms with Crippen molar-refractivity contribution in [2.45, 2.75) is 119 Å². The molecule has 0 unspecified atom stereocenters. The quantitative estimate of drug-likeness (QED) is 0.0183. The number of rotatable bonds is 38. The third-order valence-electron chi connectivity index (χ3n) is 19.5. The number of nitrogens with zero attached hydrogens (tertiary/aromatic N) is 7. The summed E-state index contributed by atoms with van der Waals surface area (Å²) in [4.78, 5) is 238. The van der Waals surface area contributed by atoms with E-state index in [2.05, 4.69) is 85.8 Å². The van der Waals surface area contributed by atoms with Gasteiger partial charge in [0.15, 0.2) is 6.23 Å². The highest BCUT2D eigenvalue weighted by atomic mass is 32.2. The number of carboxylic acids is 6. The molecule has 4 aromatic carbocycles. The van der Waals surface area contributed by atoms with Crippen LogP contribution >= 0.6 is 0 Å². The predicted molar refractivity (Wildman–Crippen MR) is 475 cm³/mol. The number of nitrogens with two attached hydrogens (primary N) is 4. The maximum absolute atomic E-state index is 12.9. The molecule has 0 radical (unpaired) electrons. The smallest absolute Gasteiger partial charge is 0.326 e. The zero-order valence-corrected chi connectivity index (χ0v) is 73.0. The molecule has 0 saturated heterocycles. The lowest BCUT2D eigenvalue weighted by Crippen LogP contribution is -2.41. The van der Waals surface area contributed by atoms with Crippen molar-refractivity contribution in [2.24, 2.45) is 0 Å². The van der Waals surface area contributed by atoms with Gasteiger partial charge in [-0.3, -0.25) is 87.1 Å². The van der Waals surface area contributed by atoms with Crippen LogP contribution in [0.5, 0.6) is 0 Å². The van der Waals surface area contributed by atoms with Crippen LogP contribution in [0.4, 0.5) is 23.8 Å². The molecule has 135 heavy (non-hydrogen) atoms. The summed E-state index contributed by atoms with van der Waals surface area (Å²) >= 11 is 0. The average molecular weight is 1910 g/mol. The topological polar surface area (TPSA) is 841 Å². The number of hydrogen-bond acceptors (Lipinski definition) is 30. The number of fused-ring (bicyclic) bond motifs is 4. The van der Waals surface area contributed by atoms with Crippen molar-refractivity contribution in [1.29, 1.82) is 0 Å². The molecule has 12 rings (SSSR count). The van der Waals surface area contributed by atoms with Gasteiger partial charge < -0.3 is 109 Å². The van der Waals surface area contributed by atoms with Gasteiger partial charge in [0, 0.05) is 97.4 Å². The van der Waals surface area contributed by atoms with E-state index in [0.29, 0.717) is 57.5 Å². The molecule has 0 bridgehead atoms. The van der Waals surface area contributed by atoms with Crippen molar-refractivity contribution in [1.82, 2.24) is 99.9 Å². The highest BCUT2D eigenvalue weighted by Gasteiger charge is 2.29. The standard InChI is InChI=1S/2C21H22N6O7.C20H22N6O8S.C19H22N6O6S/c1-27(9-13-8-14-17(23-13)25-21(22)26-19(14)32)20(33)12-4-2-11(3-5-12)18(31)24-15(34-10-28)6-7-16(29)30;1-27(9-12-8-13-16(23-12)25-21(22)26-18(13)31)19(32)11-4-2-3-10(7-11)17(30)24-14(20(33)34)5-6-15(28)29;1-26(9-11-8-13-16(22-11)24-20(21)25-18(13)30)35(33,34)12-4-2-10(3-5-12)17(29)23-14(19(31)32)6-7-15(27)28;1-2-3-13(18(28)29)22-16(26)11-6-4-10(5-7-11)9-21-32(30,31)14-8-12-15(23-14)24-19(20)25-17(12)27/h2-5,8,10,15H,6-7,9H2,1H3,(H,24,31)(H,29,30)(H4,22,23,25,26,32);2-4,7-8,14H,5-6,9H2,1H3,(H,24,30)(H,28,29)(H,33,34)(H4,22,23,25,26,31);2-5,8,14H,6-7,9H2,1H3,(H,23,29)(H,27,28)(H,31,32)(H4,21,22,24,25,30);4-8,13,21H,2-3,9H2,1H3,(H,22,26)(H,28,29)(H4,20,23,24,25,27)/t15-;2*14-;13-/m1000/s1. The van der Waals surface area contributed by atoms with Crippen LogP contribution in [-0.2, 0) is 84.5 Å². The first-order chi connectivity index (χ1) is 63.7. The highest BCUT2D eigenvalue weighted by Crippen LogP contribution is 2.23.